The summed E-state index contributed by atoms with van der Waals surface area (Å²) in [5.74, 6) is 2.08. The number of hydrogen-bond acceptors (Lipinski definition) is 3. The zero-order valence-corrected chi connectivity index (χ0v) is 8.16. The van der Waals surface area contributed by atoms with Gasteiger partial charge in [-0.25, -0.2) is 0 Å². The number of carbonyl (C=O) groups is 1. The maximum absolute atomic E-state index is 11.5. The van der Waals surface area contributed by atoms with Crippen LogP contribution in [0.25, 0.3) is 0 Å². The zero-order chi connectivity index (χ0) is 11.3. The summed E-state index contributed by atoms with van der Waals surface area (Å²) in [5.41, 5.74) is 6.16. The number of nitrogen functional groups attached to an aromatic ring is 1. The fourth-order valence-electron chi connectivity index (χ4n) is 1.08. The minimum absolute atomic E-state index is 0.00583. The lowest BCUT2D eigenvalue weighted by Crippen LogP contribution is -2.25. The monoisotopic (exact) mass is 204 g/mol. The number of hydrogen-bond donors (Lipinski definition) is 3. The molecule has 0 bridgehead atoms. The van der Waals surface area contributed by atoms with Crippen molar-refractivity contribution in [2.45, 2.75) is 6.42 Å². The Bertz CT molecular complexity index is 408. The quantitative estimate of drug-likeness (QED) is 0.294. The van der Waals surface area contributed by atoms with E-state index >= 15 is 0 Å². The number of terminal acetylenes is 1. The van der Waals surface area contributed by atoms with E-state index < -0.39 is 0 Å². The molecule has 15 heavy (non-hydrogen) atoms. The number of phenolic OH excluding ortho intramolecular Hbond substituents is 1. The summed E-state index contributed by atoms with van der Waals surface area (Å²) >= 11 is 0. The molecule has 0 unspecified atom stereocenters. The summed E-state index contributed by atoms with van der Waals surface area (Å²) in [4.78, 5) is 11.5. The van der Waals surface area contributed by atoms with Gasteiger partial charge in [0.1, 0.15) is 5.75 Å². The van der Waals surface area contributed by atoms with Gasteiger partial charge >= 0.3 is 0 Å². The van der Waals surface area contributed by atoms with E-state index in [0.29, 0.717) is 18.7 Å². The molecule has 4 N–H and O–H groups in total. The van der Waals surface area contributed by atoms with Gasteiger partial charge in [-0.1, -0.05) is 0 Å². The summed E-state index contributed by atoms with van der Waals surface area (Å²) in [6.07, 6.45) is 5.50. The van der Waals surface area contributed by atoms with E-state index in [9.17, 15) is 9.90 Å². The Balaban J connectivity index is 2.73. The van der Waals surface area contributed by atoms with Crippen LogP contribution in [-0.4, -0.2) is 17.6 Å². The Morgan fingerprint density at radius 3 is 3.00 bits per heavy atom. The Morgan fingerprint density at radius 1 is 1.60 bits per heavy atom. The molecular weight excluding hydrogens is 192 g/mol. The van der Waals surface area contributed by atoms with Crippen LogP contribution in [0.15, 0.2) is 18.2 Å². The Hall–Kier alpha value is -2.15. The molecule has 1 aromatic rings. The standard InChI is InChI=1S/C11H12N2O2/c1-2-3-6-13-11(15)9-7-8(14)4-5-10(9)12/h1,4-5,7,14H,3,6,12H2,(H,13,15). The van der Waals surface area contributed by atoms with Crippen LogP contribution in [0.1, 0.15) is 16.8 Å². The summed E-state index contributed by atoms with van der Waals surface area (Å²) in [7, 11) is 0. The zero-order valence-electron chi connectivity index (χ0n) is 8.16. The van der Waals surface area contributed by atoms with Gasteiger partial charge in [-0.2, -0.15) is 0 Å². The molecule has 0 radical (unpaired) electrons. The lowest BCUT2D eigenvalue weighted by molar-refractivity contribution is 0.0955. The van der Waals surface area contributed by atoms with Gasteiger partial charge in [0.05, 0.1) is 5.56 Å². The molecule has 0 fully saturated rings. The summed E-state index contributed by atoms with van der Waals surface area (Å²) in [6, 6.07) is 4.22. The van der Waals surface area contributed by atoms with E-state index in [-0.39, 0.29) is 17.2 Å². The predicted molar refractivity (Wildman–Crippen MR) is 58.3 cm³/mol. The largest absolute Gasteiger partial charge is 0.508 e. The number of rotatable bonds is 3. The van der Waals surface area contributed by atoms with E-state index in [0.717, 1.165) is 0 Å². The van der Waals surface area contributed by atoms with Crippen molar-refractivity contribution in [3.63, 3.8) is 0 Å². The molecule has 0 saturated carbocycles. The summed E-state index contributed by atoms with van der Waals surface area (Å²) in [5, 5.41) is 11.8. The minimum atomic E-state index is -0.335. The smallest absolute Gasteiger partial charge is 0.253 e. The Labute approximate surface area is 88.1 Å². The molecule has 1 amide bonds. The third-order valence-corrected chi connectivity index (χ3v) is 1.84. The molecule has 4 heteroatoms. The van der Waals surface area contributed by atoms with Gasteiger partial charge in [-0.15, -0.1) is 12.3 Å². The molecule has 0 aromatic heterocycles. The minimum Gasteiger partial charge on any atom is -0.508 e. The molecule has 0 saturated heterocycles. The van der Waals surface area contributed by atoms with Crippen molar-refractivity contribution < 1.29 is 9.90 Å². The fraction of sp³-hybridized carbons (Fsp3) is 0.182. The van der Waals surface area contributed by atoms with Crippen LogP contribution in [0.2, 0.25) is 0 Å². The van der Waals surface area contributed by atoms with Crippen LogP contribution in [0.3, 0.4) is 0 Å². The van der Waals surface area contributed by atoms with Crippen LogP contribution >= 0.6 is 0 Å². The molecule has 0 spiro atoms. The van der Waals surface area contributed by atoms with Crippen molar-refractivity contribution in [2.24, 2.45) is 0 Å². The first-order valence-electron chi connectivity index (χ1n) is 4.45. The van der Waals surface area contributed by atoms with Crippen molar-refractivity contribution in [3.05, 3.63) is 23.8 Å². The van der Waals surface area contributed by atoms with E-state index in [1.54, 1.807) is 0 Å². The molecular formula is C11H12N2O2. The first-order chi connectivity index (χ1) is 7.15. The van der Waals surface area contributed by atoms with Gasteiger partial charge in [-0.3, -0.25) is 4.79 Å². The summed E-state index contributed by atoms with van der Waals surface area (Å²) < 4.78 is 0. The van der Waals surface area contributed by atoms with Crippen molar-refractivity contribution in [2.75, 3.05) is 12.3 Å². The van der Waals surface area contributed by atoms with Crippen LogP contribution < -0.4 is 11.1 Å². The van der Waals surface area contributed by atoms with Crippen molar-refractivity contribution in [3.8, 4) is 18.1 Å². The van der Waals surface area contributed by atoms with Gasteiger partial charge in [0.15, 0.2) is 0 Å². The second-order valence-electron chi connectivity index (χ2n) is 2.98. The Morgan fingerprint density at radius 2 is 2.33 bits per heavy atom. The number of aromatic hydroxyl groups is 1. The van der Waals surface area contributed by atoms with Gasteiger partial charge in [0, 0.05) is 18.7 Å². The second kappa shape index (κ2) is 4.91. The third-order valence-electron chi connectivity index (χ3n) is 1.84. The maximum Gasteiger partial charge on any atom is 0.253 e. The molecule has 1 aromatic carbocycles. The predicted octanol–water partition coefficient (Wildman–Crippen LogP) is 0.728. The molecule has 0 aliphatic rings. The highest BCUT2D eigenvalue weighted by atomic mass is 16.3. The van der Waals surface area contributed by atoms with Gasteiger partial charge < -0.3 is 16.2 Å². The van der Waals surface area contributed by atoms with Crippen molar-refractivity contribution in [1.82, 2.24) is 5.32 Å². The molecule has 4 nitrogen and oxygen atoms in total. The molecule has 0 atom stereocenters. The lowest BCUT2D eigenvalue weighted by atomic mass is 10.1. The first-order valence-corrected chi connectivity index (χ1v) is 4.45. The molecule has 1 rings (SSSR count). The average Bonchev–Trinajstić information content (AvgIpc) is 2.22. The van der Waals surface area contributed by atoms with Crippen molar-refractivity contribution in [1.29, 1.82) is 0 Å². The number of benzene rings is 1. The van der Waals surface area contributed by atoms with E-state index in [1.165, 1.54) is 18.2 Å². The third kappa shape index (κ3) is 2.92. The van der Waals surface area contributed by atoms with Crippen molar-refractivity contribution >= 4 is 11.6 Å². The highest BCUT2D eigenvalue weighted by molar-refractivity contribution is 5.99. The van der Waals surface area contributed by atoms with Crippen LogP contribution in [-0.2, 0) is 0 Å². The molecule has 0 aliphatic carbocycles. The highest BCUT2D eigenvalue weighted by Crippen LogP contribution is 2.17. The number of anilines is 1. The lowest BCUT2D eigenvalue weighted by Gasteiger charge is -2.06. The summed E-state index contributed by atoms with van der Waals surface area (Å²) in [6.45, 7) is 0.393. The second-order valence-corrected chi connectivity index (χ2v) is 2.98. The van der Waals surface area contributed by atoms with Gasteiger partial charge in [0.25, 0.3) is 5.91 Å². The topological polar surface area (TPSA) is 75.3 Å². The SMILES string of the molecule is C#CCCNC(=O)c1cc(O)ccc1N. The van der Waals surface area contributed by atoms with E-state index in [2.05, 4.69) is 11.2 Å². The normalized spacial score (nSPS) is 9.27. The molecule has 0 heterocycles. The molecule has 78 valence electrons. The van der Waals surface area contributed by atoms with Crippen LogP contribution in [0, 0.1) is 12.3 Å². The highest BCUT2D eigenvalue weighted by Gasteiger charge is 2.09. The number of nitrogens with one attached hydrogen (secondary N) is 1. The number of amides is 1. The van der Waals surface area contributed by atoms with Gasteiger partial charge in [0.2, 0.25) is 0 Å². The number of nitrogens with two attached hydrogens (primary N) is 1. The molecule has 0 aliphatic heterocycles. The Kier molecular flexibility index (Phi) is 3.58. The van der Waals surface area contributed by atoms with Gasteiger partial charge in [-0.05, 0) is 18.2 Å². The van der Waals surface area contributed by atoms with Crippen LogP contribution in [0.5, 0.6) is 5.75 Å². The number of carbonyl (C=O) groups excluding carboxylic acids is 1. The fourth-order valence-corrected chi connectivity index (χ4v) is 1.08. The average molecular weight is 204 g/mol. The van der Waals surface area contributed by atoms with E-state index in [4.69, 9.17) is 12.2 Å². The maximum atomic E-state index is 11.5. The first kappa shape index (κ1) is 10.9. The van der Waals surface area contributed by atoms with Crippen LogP contribution in [0.4, 0.5) is 5.69 Å². The number of phenols is 1. The van der Waals surface area contributed by atoms with E-state index in [1.807, 2.05) is 0 Å².